The van der Waals surface area contributed by atoms with Gasteiger partial charge < -0.3 is 24.0 Å². The van der Waals surface area contributed by atoms with E-state index >= 15 is 0 Å². The van der Waals surface area contributed by atoms with Gasteiger partial charge in [-0.2, -0.15) is 0 Å². The van der Waals surface area contributed by atoms with Crippen LogP contribution in [0.15, 0.2) is 36.7 Å². The first-order valence-corrected chi connectivity index (χ1v) is 16.3. The summed E-state index contributed by atoms with van der Waals surface area (Å²) >= 11 is 0. The molecule has 1 aromatic carbocycles. The van der Waals surface area contributed by atoms with Gasteiger partial charge in [-0.3, -0.25) is 9.69 Å². The van der Waals surface area contributed by atoms with Crippen LogP contribution < -0.4 is 0 Å². The molecule has 0 unspecified atom stereocenters. The maximum Gasteiger partial charge on any atom is 0.294 e. The van der Waals surface area contributed by atoms with Crippen LogP contribution in [-0.2, 0) is 19.0 Å². The molecule has 0 bridgehead atoms. The second kappa shape index (κ2) is 17.8. The molecule has 0 amide bonds. The van der Waals surface area contributed by atoms with E-state index in [-0.39, 0.29) is 5.60 Å². The fourth-order valence-electron chi connectivity index (χ4n) is 6.55. The number of likely N-dealkylation sites (tertiary alicyclic amines) is 3. The fourth-order valence-corrected chi connectivity index (χ4v) is 6.55. The summed E-state index contributed by atoms with van der Waals surface area (Å²) in [6, 6.07) is 9.46. The first-order valence-electron chi connectivity index (χ1n) is 16.3. The van der Waals surface area contributed by atoms with Crippen molar-refractivity contribution < 1.29 is 19.0 Å². The number of hydrogen-bond donors (Lipinski definition) is 0. The summed E-state index contributed by atoms with van der Waals surface area (Å²) in [6.07, 6.45) is 12.0. The Balaban J connectivity index is 0.000000394. The average molecular weight is 572 g/mol. The van der Waals surface area contributed by atoms with Gasteiger partial charge in [-0.1, -0.05) is 55.7 Å². The third-order valence-electron chi connectivity index (χ3n) is 9.20. The lowest BCUT2D eigenvalue weighted by Gasteiger charge is -2.47. The second-order valence-corrected chi connectivity index (χ2v) is 12.0. The van der Waals surface area contributed by atoms with E-state index in [9.17, 15) is 4.79 Å². The van der Waals surface area contributed by atoms with Crippen LogP contribution in [0.5, 0.6) is 0 Å². The van der Waals surface area contributed by atoms with Gasteiger partial charge in [0.2, 0.25) is 0 Å². The molecule has 4 aliphatic rings. The van der Waals surface area contributed by atoms with Gasteiger partial charge in [0, 0.05) is 51.4 Å². The Bertz CT molecular complexity index is 847. The molecule has 0 radical (unpaired) electrons. The molecule has 41 heavy (non-hydrogen) atoms. The number of nitrogens with zero attached hydrogens (tertiary/aromatic N) is 3. The first kappa shape index (κ1) is 33.4. The molecule has 0 aromatic heterocycles. The molecule has 4 fully saturated rings. The van der Waals surface area contributed by atoms with Crippen LogP contribution in [0.25, 0.3) is 0 Å². The van der Waals surface area contributed by atoms with Crippen molar-refractivity contribution in [3.05, 3.63) is 47.9 Å². The van der Waals surface area contributed by atoms with E-state index in [0.717, 1.165) is 45.0 Å². The summed E-state index contributed by atoms with van der Waals surface area (Å²) < 4.78 is 17.3. The molecule has 7 nitrogen and oxygen atoms in total. The highest BCUT2D eigenvalue weighted by Crippen LogP contribution is 2.36. The second-order valence-electron chi connectivity index (χ2n) is 12.0. The van der Waals surface area contributed by atoms with E-state index in [1.54, 1.807) is 0 Å². The third-order valence-corrected chi connectivity index (χ3v) is 9.20. The summed E-state index contributed by atoms with van der Waals surface area (Å²) in [5.74, 6) is 0.800. The van der Waals surface area contributed by atoms with Gasteiger partial charge in [0.05, 0.1) is 5.60 Å². The standard InChI is InChI=1S/C24H41N3O4.C8H10.C2H6/c1-21(30-18-23-6-2-4-12-27(23)19-29-20-28)25-13-7-22(8-14-25)26-15-10-24(11-16-26)9-3-5-17-31-24;1-7-3-5-8(2)6-4-7;1-2/h20,22-23H,1-19H2;3-6H,1-2H3;1-2H3/t23-;;/m1../s1. The monoisotopic (exact) mass is 571 g/mol. The van der Waals surface area contributed by atoms with E-state index in [0.29, 0.717) is 31.9 Å². The van der Waals surface area contributed by atoms with Gasteiger partial charge in [0.25, 0.3) is 6.47 Å². The Morgan fingerprint density at radius 2 is 1.59 bits per heavy atom. The summed E-state index contributed by atoms with van der Waals surface area (Å²) in [5.41, 5.74) is 2.85. The highest BCUT2D eigenvalue weighted by Gasteiger charge is 2.39. The number of ether oxygens (including phenoxy) is 3. The summed E-state index contributed by atoms with van der Waals surface area (Å²) in [6.45, 7) is 20.2. The molecule has 4 aliphatic heterocycles. The van der Waals surface area contributed by atoms with Crippen LogP contribution in [-0.4, -0.2) is 91.5 Å². The minimum Gasteiger partial charge on any atom is -0.478 e. The van der Waals surface area contributed by atoms with Crippen molar-refractivity contribution >= 4 is 6.47 Å². The number of aryl methyl sites for hydroxylation is 2. The van der Waals surface area contributed by atoms with Crippen LogP contribution in [0.2, 0.25) is 0 Å². The minimum atomic E-state index is 0.196. The number of hydrogen-bond acceptors (Lipinski definition) is 7. The quantitative estimate of drug-likeness (QED) is 0.269. The molecule has 1 atom stereocenters. The molecule has 4 heterocycles. The van der Waals surface area contributed by atoms with E-state index in [1.807, 2.05) is 13.8 Å². The number of carbonyl (C=O) groups is 1. The molecule has 232 valence electrons. The Labute approximate surface area is 250 Å². The zero-order chi connectivity index (χ0) is 29.5. The molecule has 0 saturated carbocycles. The van der Waals surface area contributed by atoms with Crippen LogP contribution in [0.3, 0.4) is 0 Å². The van der Waals surface area contributed by atoms with Crippen molar-refractivity contribution in [2.75, 3.05) is 52.7 Å². The zero-order valence-corrected chi connectivity index (χ0v) is 26.5. The van der Waals surface area contributed by atoms with Crippen molar-refractivity contribution in [2.45, 2.75) is 110 Å². The van der Waals surface area contributed by atoms with E-state index in [4.69, 9.17) is 14.2 Å². The van der Waals surface area contributed by atoms with Gasteiger partial charge >= 0.3 is 0 Å². The van der Waals surface area contributed by atoms with Gasteiger partial charge in [-0.15, -0.1) is 0 Å². The average Bonchev–Trinajstić information content (AvgIpc) is 3.03. The van der Waals surface area contributed by atoms with Gasteiger partial charge in [0.1, 0.15) is 13.3 Å². The number of carbonyl (C=O) groups excluding carboxylic acids is 1. The number of rotatable bonds is 8. The van der Waals surface area contributed by atoms with Crippen molar-refractivity contribution in [3.8, 4) is 0 Å². The normalized spacial score (nSPS) is 23.4. The predicted octanol–water partition coefficient (Wildman–Crippen LogP) is 6.29. The molecule has 5 rings (SSSR count). The van der Waals surface area contributed by atoms with E-state index in [1.165, 1.54) is 75.6 Å². The maximum absolute atomic E-state index is 10.5. The van der Waals surface area contributed by atoms with Crippen LogP contribution in [0.1, 0.15) is 89.2 Å². The number of benzene rings is 1. The third kappa shape index (κ3) is 10.6. The van der Waals surface area contributed by atoms with Gasteiger partial charge in [0.15, 0.2) is 5.88 Å². The molecule has 4 saturated heterocycles. The predicted molar refractivity (Wildman–Crippen MR) is 167 cm³/mol. The lowest BCUT2D eigenvalue weighted by atomic mass is 9.83. The Kier molecular flexibility index (Phi) is 14.5. The summed E-state index contributed by atoms with van der Waals surface area (Å²) in [7, 11) is 0. The fraction of sp³-hybridized carbons (Fsp3) is 0.735. The van der Waals surface area contributed by atoms with Crippen molar-refractivity contribution in [3.63, 3.8) is 0 Å². The molecular weight excluding hydrogens is 514 g/mol. The van der Waals surface area contributed by atoms with Crippen molar-refractivity contribution in [1.29, 1.82) is 0 Å². The smallest absolute Gasteiger partial charge is 0.294 e. The molecule has 7 heteroatoms. The molecule has 1 spiro atoms. The summed E-state index contributed by atoms with van der Waals surface area (Å²) in [5, 5.41) is 0. The lowest BCUT2D eigenvalue weighted by Crippen LogP contribution is -2.53. The van der Waals surface area contributed by atoms with Crippen molar-refractivity contribution in [1.82, 2.24) is 14.7 Å². The van der Waals surface area contributed by atoms with Crippen molar-refractivity contribution in [2.24, 2.45) is 0 Å². The van der Waals surface area contributed by atoms with Gasteiger partial charge in [-0.05, 0) is 78.2 Å². The highest BCUT2D eigenvalue weighted by molar-refractivity contribution is 5.36. The largest absolute Gasteiger partial charge is 0.478 e. The van der Waals surface area contributed by atoms with E-state index in [2.05, 4.69) is 59.4 Å². The summed E-state index contributed by atoms with van der Waals surface area (Å²) in [4.78, 5) is 17.8. The minimum absolute atomic E-state index is 0.196. The molecule has 0 N–H and O–H groups in total. The maximum atomic E-state index is 10.5. The Morgan fingerprint density at radius 3 is 2.17 bits per heavy atom. The van der Waals surface area contributed by atoms with Gasteiger partial charge in [-0.25, -0.2) is 0 Å². The first-order chi connectivity index (χ1) is 20.0. The lowest BCUT2D eigenvalue weighted by molar-refractivity contribution is -0.135. The molecular formula is C34H57N3O4. The number of piperidine rings is 3. The highest BCUT2D eigenvalue weighted by atomic mass is 16.5. The SMILES string of the molecule is C=C(OC[C@H]1CCCCN1COC=O)N1CCC(N2CCC3(CCCCO3)CC2)CC1.CC.Cc1ccc(C)cc1. The van der Waals surface area contributed by atoms with E-state index < -0.39 is 0 Å². The topological polar surface area (TPSA) is 54.5 Å². The van der Waals surface area contributed by atoms with Crippen LogP contribution in [0.4, 0.5) is 0 Å². The van der Waals surface area contributed by atoms with Crippen LogP contribution in [0, 0.1) is 13.8 Å². The molecule has 0 aliphatic carbocycles. The Hall–Kier alpha value is -2.09. The zero-order valence-electron chi connectivity index (χ0n) is 26.5. The Morgan fingerprint density at radius 1 is 0.927 bits per heavy atom. The molecule has 1 aromatic rings. The van der Waals surface area contributed by atoms with Crippen LogP contribution >= 0.6 is 0 Å².